The van der Waals surface area contributed by atoms with Crippen molar-refractivity contribution in [1.82, 2.24) is 41.1 Å². The molecule has 0 spiro atoms. The fourth-order valence-corrected chi connectivity index (χ4v) is 6.80. The van der Waals surface area contributed by atoms with Gasteiger partial charge in [0, 0.05) is 61.2 Å². The van der Waals surface area contributed by atoms with E-state index in [4.69, 9.17) is 17.2 Å². The van der Waals surface area contributed by atoms with Crippen molar-refractivity contribution in [3.05, 3.63) is 90.1 Å². The molecule has 1 fully saturated rings. The van der Waals surface area contributed by atoms with Gasteiger partial charge in [-0.05, 0) is 49.9 Å². The maximum Gasteiger partial charge on any atom is 0.243 e. The van der Waals surface area contributed by atoms with E-state index in [9.17, 15) is 28.8 Å². The molecule has 0 bridgehead atoms. The van der Waals surface area contributed by atoms with E-state index in [0.29, 0.717) is 31.5 Å². The lowest BCUT2D eigenvalue weighted by atomic mass is 10.0. The monoisotopic (exact) mass is 769 g/mol. The average molecular weight is 770 g/mol. The summed E-state index contributed by atoms with van der Waals surface area (Å²) < 4.78 is 0. The van der Waals surface area contributed by atoms with Crippen molar-refractivity contribution < 1.29 is 28.8 Å². The van der Waals surface area contributed by atoms with E-state index in [-0.39, 0.29) is 38.1 Å². The number of H-pyrrole nitrogens is 2. The highest BCUT2D eigenvalue weighted by atomic mass is 16.2. The number of para-hydroxylation sites is 1. The molecule has 0 radical (unpaired) electrons. The maximum absolute atomic E-state index is 13.8. The van der Waals surface area contributed by atoms with Crippen LogP contribution in [-0.2, 0) is 48.0 Å². The second-order valence-electron chi connectivity index (χ2n) is 14.2. The van der Waals surface area contributed by atoms with Crippen molar-refractivity contribution in [2.75, 3.05) is 13.1 Å². The summed E-state index contributed by atoms with van der Waals surface area (Å²) in [6, 6.07) is 10.9. The summed E-state index contributed by atoms with van der Waals surface area (Å²) in [4.78, 5) is 91.3. The highest BCUT2D eigenvalue weighted by Gasteiger charge is 2.40. The molecule has 56 heavy (non-hydrogen) atoms. The molecule has 0 aliphatic carbocycles. The number of likely N-dealkylation sites (tertiary alicyclic amines) is 1. The number of aromatic amines is 2. The summed E-state index contributed by atoms with van der Waals surface area (Å²) in [5.41, 5.74) is 20.5. The molecule has 0 saturated carbocycles. The number of nitrogens with one attached hydrogen (secondary N) is 6. The highest BCUT2D eigenvalue weighted by Crippen LogP contribution is 2.21. The van der Waals surface area contributed by atoms with Gasteiger partial charge < -0.3 is 53.3 Å². The third kappa shape index (κ3) is 11.0. The topological polar surface area (TPSA) is 276 Å². The molecule has 12 N–H and O–H groups in total. The number of nitrogens with two attached hydrogens (primary N) is 3. The summed E-state index contributed by atoms with van der Waals surface area (Å²) in [6.45, 7) is 1.94. The predicted molar refractivity (Wildman–Crippen MR) is 208 cm³/mol. The van der Waals surface area contributed by atoms with Gasteiger partial charge in [-0.15, -0.1) is 0 Å². The van der Waals surface area contributed by atoms with Crippen LogP contribution >= 0.6 is 0 Å². The van der Waals surface area contributed by atoms with Gasteiger partial charge in [0.25, 0.3) is 0 Å². The molecule has 6 amide bonds. The summed E-state index contributed by atoms with van der Waals surface area (Å²) in [7, 11) is 0. The minimum atomic E-state index is -1.09. The van der Waals surface area contributed by atoms with Gasteiger partial charge >= 0.3 is 0 Å². The van der Waals surface area contributed by atoms with Crippen molar-refractivity contribution in [3.63, 3.8) is 0 Å². The van der Waals surface area contributed by atoms with E-state index >= 15 is 0 Å². The fourth-order valence-electron chi connectivity index (χ4n) is 6.80. The van der Waals surface area contributed by atoms with Crippen molar-refractivity contribution >= 4 is 46.3 Å². The number of imidazole rings is 1. The predicted octanol–water partition coefficient (Wildman–Crippen LogP) is -0.579. The number of primary amides is 1. The summed E-state index contributed by atoms with van der Waals surface area (Å²) in [6.07, 6.45) is 6.68. The Labute approximate surface area is 324 Å². The molecular weight excluding hydrogens is 718 g/mol. The van der Waals surface area contributed by atoms with Gasteiger partial charge in [-0.25, -0.2) is 4.98 Å². The van der Waals surface area contributed by atoms with Crippen LogP contribution < -0.4 is 38.5 Å². The van der Waals surface area contributed by atoms with Crippen LogP contribution in [0.15, 0.2) is 73.3 Å². The molecule has 17 heteroatoms. The molecule has 5 rings (SSSR count). The molecule has 0 unspecified atom stereocenters. The average Bonchev–Trinajstić information content (AvgIpc) is 3.94. The molecule has 3 heterocycles. The minimum absolute atomic E-state index is 0.0119. The first-order valence-corrected chi connectivity index (χ1v) is 18.8. The Morgan fingerprint density at radius 2 is 1.61 bits per heavy atom. The highest BCUT2D eigenvalue weighted by molar-refractivity contribution is 5.95. The number of aromatic nitrogens is 3. The molecule has 1 aliphatic heterocycles. The van der Waals surface area contributed by atoms with Crippen molar-refractivity contribution in [1.29, 1.82) is 0 Å². The quantitative estimate of drug-likeness (QED) is 0.0520. The first-order chi connectivity index (χ1) is 26.9. The van der Waals surface area contributed by atoms with Crippen LogP contribution in [0.25, 0.3) is 10.9 Å². The Balaban J connectivity index is 1.24. The standard InChI is InChI=1S/C39H51N11O6/c1-23(46-38(55)32(16-25-19-44-30-12-6-5-11-28(25)30)49-37(54)29(41)17-26-20-43-22-45-26)36(53)47-27-18-34(51)50(21-27)33(15-24-9-3-2-4-10-24)39(56)48-31(35(42)52)13-7-8-14-40/h2-6,9-12,19-20,22-23,27,29,31-33,44H,7-8,13-18,21,40-41H2,1H3,(H2,42,52)(H,43,45)(H,46,55)(H,47,53)(H,48,56)(H,49,54)/t23-,27+,29-,31-,32+,33+/m0/s1. The van der Waals surface area contributed by atoms with Crippen molar-refractivity contribution in [2.24, 2.45) is 17.2 Å². The van der Waals surface area contributed by atoms with E-state index in [1.165, 1.54) is 18.2 Å². The van der Waals surface area contributed by atoms with E-state index in [2.05, 4.69) is 36.2 Å². The SMILES string of the molecule is C[C@H](NC(=O)[C@@H](Cc1c[nH]c2ccccc12)NC(=O)[C@@H](N)Cc1cnc[nH]1)C(=O)N[C@@H]1CC(=O)N([C@H](Cc2ccccc2)C(=O)N[C@@H](CCCCN)C(N)=O)C1. The number of rotatable bonds is 20. The van der Waals surface area contributed by atoms with E-state index < -0.39 is 65.8 Å². The molecule has 1 aliphatic rings. The van der Waals surface area contributed by atoms with Crippen molar-refractivity contribution in [2.45, 2.75) is 88.1 Å². The smallest absolute Gasteiger partial charge is 0.243 e. The van der Waals surface area contributed by atoms with Crippen LogP contribution in [0.2, 0.25) is 0 Å². The molecule has 4 aromatic rings. The first-order valence-electron chi connectivity index (χ1n) is 18.8. The number of hydrogen-bond acceptors (Lipinski definition) is 9. The molecule has 2 aromatic heterocycles. The zero-order chi connectivity index (χ0) is 40.2. The molecule has 1 saturated heterocycles. The van der Waals surface area contributed by atoms with Gasteiger partial charge in [-0.3, -0.25) is 28.8 Å². The van der Waals surface area contributed by atoms with Crippen LogP contribution in [0.5, 0.6) is 0 Å². The normalized spacial score (nSPS) is 16.7. The Kier molecular flexibility index (Phi) is 14.3. The Morgan fingerprint density at radius 3 is 2.32 bits per heavy atom. The third-order valence-electron chi connectivity index (χ3n) is 9.88. The largest absolute Gasteiger partial charge is 0.368 e. The number of benzene rings is 2. The molecule has 17 nitrogen and oxygen atoms in total. The Hall–Kier alpha value is -6.07. The number of fused-ring (bicyclic) bond motifs is 1. The van der Waals surface area contributed by atoms with E-state index in [1.54, 1.807) is 12.4 Å². The van der Waals surface area contributed by atoms with Gasteiger partial charge in [0.05, 0.1) is 18.4 Å². The lowest BCUT2D eigenvalue weighted by Gasteiger charge is -2.29. The Morgan fingerprint density at radius 1 is 0.875 bits per heavy atom. The number of nitrogens with zero attached hydrogens (tertiary/aromatic N) is 2. The fraction of sp³-hybridized carbons (Fsp3) is 0.410. The van der Waals surface area contributed by atoms with Crippen molar-refractivity contribution in [3.8, 4) is 0 Å². The first kappa shape index (κ1) is 41.1. The molecule has 6 atom stereocenters. The second-order valence-corrected chi connectivity index (χ2v) is 14.2. The zero-order valence-corrected chi connectivity index (χ0v) is 31.3. The van der Waals surface area contributed by atoms with Crippen LogP contribution in [-0.4, -0.2) is 105 Å². The second kappa shape index (κ2) is 19.5. The summed E-state index contributed by atoms with van der Waals surface area (Å²) >= 11 is 0. The van der Waals surface area contributed by atoms with Crippen LogP contribution in [0.1, 0.15) is 49.4 Å². The number of amides is 6. The number of carbonyl (C=O) groups excluding carboxylic acids is 6. The molecule has 2 aromatic carbocycles. The van der Waals surface area contributed by atoms with Crippen LogP contribution in [0.3, 0.4) is 0 Å². The van der Waals surface area contributed by atoms with E-state index in [0.717, 1.165) is 22.0 Å². The minimum Gasteiger partial charge on any atom is -0.368 e. The van der Waals surface area contributed by atoms with E-state index in [1.807, 2.05) is 54.6 Å². The number of unbranched alkanes of at least 4 members (excludes halogenated alkanes) is 1. The van der Waals surface area contributed by atoms with Gasteiger partial charge in [-0.2, -0.15) is 0 Å². The maximum atomic E-state index is 13.8. The third-order valence-corrected chi connectivity index (χ3v) is 9.88. The zero-order valence-electron chi connectivity index (χ0n) is 31.3. The Bertz CT molecular complexity index is 1970. The van der Waals surface area contributed by atoms with Gasteiger partial charge in [0.1, 0.15) is 24.2 Å². The lowest BCUT2D eigenvalue weighted by Crippen LogP contribution is -2.57. The molecule has 298 valence electrons. The summed E-state index contributed by atoms with van der Waals surface area (Å²) in [5, 5.41) is 11.9. The lowest BCUT2D eigenvalue weighted by molar-refractivity contribution is -0.138. The van der Waals surface area contributed by atoms with Crippen LogP contribution in [0, 0.1) is 0 Å². The number of hydrogen-bond donors (Lipinski definition) is 9. The molecular formula is C39H51N11O6. The number of carbonyl (C=O) groups is 6. The van der Waals surface area contributed by atoms with Gasteiger partial charge in [0.15, 0.2) is 0 Å². The van der Waals surface area contributed by atoms with Gasteiger partial charge in [0.2, 0.25) is 35.4 Å². The van der Waals surface area contributed by atoms with Gasteiger partial charge in [-0.1, -0.05) is 48.5 Å². The summed E-state index contributed by atoms with van der Waals surface area (Å²) in [5.74, 6) is -3.34. The van der Waals surface area contributed by atoms with Crippen LogP contribution in [0.4, 0.5) is 0 Å².